The van der Waals surface area contributed by atoms with Gasteiger partial charge in [-0.2, -0.15) is 5.10 Å². The summed E-state index contributed by atoms with van der Waals surface area (Å²) in [6.07, 6.45) is 10.8. The van der Waals surface area contributed by atoms with Gasteiger partial charge in [0.15, 0.2) is 0 Å². The molecule has 2 heterocycles. The zero-order valence-electron chi connectivity index (χ0n) is 15.3. The fourth-order valence-electron chi connectivity index (χ4n) is 2.96. The van der Waals surface area contributed by atoms with Crippen molar-refractivity contribution in [2.24, 2.45) is 7.05 Å². The maximum Gasteiger partial charge on any atom is 0.227 e. The van der Waals surface area contributed by atoms with E-state index < -0.39 is 0 Å². The molecule has 4 rings (SSSR count). The molecule has 0 fully saturated rings. The number of ether oxygens (including phenoxy) is 1. The lowest BCUT2D eigenvalue weighted by Crippen LogP contribution is -1.99. The molecular formula is C21H17N5O2. The molecule has 0 aliphatic carbocycles. The maximum atomic E-state index is 10.1. The van der Waals surface area contributed by atoms with Gasteiger partial charge < -0.3 is 15.2 Å². The minimum Gasteiger partial charge on any atom is -0.508 e. The van der Waals surface area contributed by atoms with Crippen LogP contribution in [-0.4, -0.2) is 32.0 Å². The quantitative estimate of drug-likeness (QED) is 0.534. The zero-order valence-corrected chi connectivity index (χ0v) is 15.3. The highest BCUT2D eigenvalue weighted by atomic mass is 16.5. The molecular weight excluding hydrogens is 354 g/mol. The van der Waals surface area contributed by atoms with Gasteiger partial charge in [-0.15, -0.1) is 6.42 Å². The number of rotatable bonds is 4. The molecule has 138 valence electrons. The Hall–Kier alpha value is -4.05. The average Bonchev–Trinajstić information content (AvgIpc) is 3.13. The van der Waals surface area contributed by atoms with Crippen LogP contribution < -0.4 is 10.1 Å². The van der Waals surface area contributed by atoms with Crippen molar-refractivity contribution in [1.82, 2.24) is 19.7 Å². The monoisotopic (exact) mass is 371 g/mol. The van der Waals surface area contributed by atoms with Crippen LogP contribution in [0.5, 0.6) is 11.5 Å². The van der Waals surface area contributed by atoms with E-state index >= 15 is 0 Å². The summed E-state index contributed by atoms with van der Waals surface area (Å²) in [5.41, 5.74) is 3.71. The number of phenols is 1. The Morgan fingerprint density at radius 3 is 2.71 bits per heavy atom. The predicted molar refractivity (Wildman–Crippen MR) is 108 cm³/mol. The van der Waals surface area contributed by atoms with Crippen molar-refractivity contribution >= 4 is 22.5 Å². The Morgan fingerprint density at radius 1 is 1.14 bits per heavy atom. The molecule has 0 saturated heterocycles. The Kier molecular flexibility index (Phi) is 4.30. The third-order valence-corrected chi connectivity index (χ3v) is 4.25. The van der Waals surface area contributed by atoms with Crippen molar-refractivity contribution in [3.05, 3.63) is 54.5 Å². The number of nitrogens with one attached hydrogen (secondary N) is 1. The van der Waals surface area contributed by atoms with Crippen LogP contribution in [0.4, 0.5) is 11.6 Å². The van der Waals surface area contributed by atoms with Crippen LogP contribution in [0.2, 0.25) is 0 Å². The van der Waals surface area contributed by atoms with Crippen molar-refractivity contribution < 1.29 is 9.84 Å². The average molecular weight is 371 g/mol. The summed E-state index contributed by atoms with van der Waals surface area (Å²) in [5, 5.41) is 18.2. The van der Waals surface area contributed by atoms with Gasteiger partial charge in [0.1, 0.15) is 17.0 Å². The molecule has 7 heteroatoms. The van der Waals surface area contributed by atoms with E-state index in [2.05, 4.69) is 26.3 Å². The number of hydrogen-bond acceptors (Lipinski definition) is 6. The summed E-state index contributed by atoms with van der Waals surface area (Å²) in [7, 11) is 3.41. The Morgan fingerprint density at radius 2 is 2.00 bits per heavy atom. The topological polar surface area (TPSA) is 85.1 Å². The molecule has 7 nitrogen and oxygen atoms in total. The number of terminal acetylenes is 1. The smallest absolute Gasteiger partial charge is 0.227 e. The molecule has 2 aromatic heterocycles. The van der Waals surface area contributed by atoms with Crippen LogP contribution in [0, 0.1) is 12.3 Å². The Balaban J connectivity index is 1.72. The highest BCUT2D eigenvalue weighted by molar-refractivity contribution is 5.86. The number of aryl methyl sites for hydroxylation is 1. The number of aromatic nitrogens is 4. The number of fused-ring (bicyclic) bond motifs is 1. The fraction of sp³-hybridized carbons (Fsp3) is 0.0952. The number of aromatic hydroxyl groups is 1. The first-order valence-electron chi connectivity index (χ1n) is 8.47. The molecule has 0 spiro atoms. The molecule has 0 saturated carbocycles. The van der Waals surface area contributed by atoms with E-state index in [0.717, 1.165) is 16.5 Å². The first kappa shape index (κ1) is 17.4. The van der Waals surface area contributed by atoms with Crippen LogP contribution in [0.3, 0.4) is 0 Å². The minimum atomic E-state index is 0.126. The first-order valence-corrected chi connectivity index (χ1v) is 8.47. The molecule has 0 aliphatic heterocycles. The molecule has 2 N–H and O–H groups in total. The maximum absolute atomic E-state index is 10.1. The fourth-order valence-corrected chi connectivity index (χ4v) is 2.96. The number of anilines is 2. The summed E-state index contributed by atoms with van der Waals surface area (Å²) in [6.45, 7) is 0. The van der Waals surface area contributed by atoms with Crippen LogP contribution in [0.25, 0.3) is 22.0 Å². The third-order valence-electron chi connectivity index (χ3n) is 4.25. The second kappa shape index (κ2) is 6.93. The Bertz CT molecular complexity index is 1220. The van der Waals surface area contributed by atoms with E-state index in [1.807, 2.05) is 25.4 Å². The van der Waals surface area contributed by atoms with Crippen LogP contribution in [0.1, 0.15) is 5.56 Å². The van der Waals surface area contributed by atoms with Gasteiger partial charge in [0, 0.05) is 47.7 Å². The summed E-state index contributed by atoms with van der Waals surface area (Å²) >= 11 is 0. The molecule has 0 aliphatic rings. The van der Waals surface area contributed by atoms with Gasteiger partial charge in [0.25, 0.3) is 0 Å². The summed E-state index contributed by atoms with van der Waals surface area (Å²) < 4.78 is 7.11. The number of nitrogens with zero attached hydrogens (tertiary/aromatic N) is 4. The number of phenolic OH excluding ortho intramolecular Hbond substituents is 1. The second-order valence-electron chi connectivity index (χ2n) is 6.25. The zero-order chi connectivity index (χ0) is 19.7. The molecule has 0 atom stereocenters. The van der Waals surface area contributed by atoms with Crippen LogP contribution >= 0.6 is 0 Å². The lowest BCUT2D eigenvalue weighted by molar-refractivity contribution is 0.419. The van der Waals surface area contributed by atoms with E-state index in [0.29, 0.717) is 28.5 Å². The van der Waals surface area contributed by atoms with E-state index in [1.165, 1.54) is 0 Å². The van der Waals surface area contributed by atoms with Crippen molar-refractivity contribution in [3.63, 3.8) is 0 Å². The van der Waals surface area contributed by atoms with Crippen LogP contribution in [-0.2, 0) is 7.05 Å². The highest BCUT2D eigenvalue weighted by Crippen LogP contribution is 2.30. The van der Waals surface area contributed by atoms with E-state index in [9.17, 15) is 5.11 Å². The Labute approximate surface area is 161 Å². The molecule has 28 heavy (non-hydrogen) atoms. The molecule has 0 amide bonds. The minimum absolute atomic E-state index is 0.126. The van der Waals surface area contributed by atoms with Gasteiger partial charge >= 0.3 is 0 Å². The van der Waals surface area contributed by atoms with Crippen molar-refractivity contribution in [3.8, 4) is 35.0 Å². The van der Waals surface area contributed by atoms with Gasteiger partial charge in [-0.25, -0.2) is 9.97 Å². The SMILES string of the molecule is C#Cc1cc(OC)c2nc(Nc3cc(O)cc(-c4cnn(C)c4)c3)ncc2c1. The van der Waals surface area contributed by atoms with Crippen molar-refractivity contribution in [1.29, 1.82) is 0 Å². The lowest BCUT2D eigenvalue weighted by atomic mass is 10.1. The molecule has 2 aromatic carbocycles. The van der Waals surface area contributed by atoms with E-state index in [-0.39, 0.29) is 5.75 Å². The molecule has 0 unspecified atom stereocenters. The second-order valence-corrected chi connectivity index (χ2v) is 6.25. The van der Waals surface area contributed by atoms with Crippen molar-refractivity contribution in [2.75, 3.05) is 12.4 Å². The summed E-state index contributed by atoms with van der Waals surface area (Å²) in [4.78, 5) is 8.88. The third kappa shape index (κ3) is 3.31. The largest absolute Gasteiger partial charge is 0.508 e. The van der Waals surface area contributed by atoms with Gasteiger partial charge in [-0.3, -0.25) is 4.68 Å². The van der Waals surface area contributed by atoms with Gasteiger partial charge in [-0.05, 0) is 29.8 Å². The molecule has 0 radical (unpaired) electrons. The first-order chi connectivity index (χ1) is 13.6. The number of methoxy groups -OCH3 is 1. The lowest BCUT2D eigenvalue weighted by Gasteiger charge is -2.10. The number of hydrogen-bond donors (Lipinski definition) is 2. The van der Waals surface area contributed by atoms with Crippen molar-refractivity contribution in [2.45, 2.75) is 0 Å². The molecule has 0 bridgehead atoms. The van der Waals surface area contributed by atoms with Gasteiger partial charge in [0.2, 0.25) is 5.95 Å². The summed E-state index contributed by atoms with van der Waals surface area (Å²) in [6, 6.07) is 8.76. The molecule has 4 aromatic rings. The highest BCUT2D eigenvalue weighted by Gasteiger charge is 2.10. The van der Waals surface area contributed by atoms with Gasteiger partial charge in [0.05, 0.1) is 13.3 Å². The standard InChI is InChI=1S/C21H17N5O2/c1-4-13-5-15-10-22-21(25-20(15)19(6-13)28-3)24-17-7-14(8-18(27)9-17)16-11-23-26(2)12-16/h1,5-12,27H,2-3H3,(H,22,24,25). The van der Waals surface area contributed by atoms with Gasteiger partial charge in [-0.1, -0.05) is 5.92 Å². The normalized spacial score (nSPS) is 10.6. The van der Waals surface area contributed by atoms with Crippen LogP contribution in [0.15, 0.2) is 48.9 Å². The van der Waals surface area contributed by atoms with E-state index in [4.69, 9.17) is 11.2 Å². The van der Waals surface area contributed by atoms with E-state index in [1.54, 1.807) is 42.4 Å². The summed E-state index contributed by atoms with van der Waals surface area (Å²) in [5.74, 6) is 3.67. The predicted octanol–water partition coefficient (Wildman–Crippen LogP) is 3.47. The number of benzene rings is 2.